The number of carbonyl (C=O) groups excluding carboxylic acids is 2. The Morgan fingerprint density at radius 2 is 1.56 bits per heavy atom. The van der Waals surface area contributed by atoms with Crippen molar-refractivity contribution in [3.8, 4) is 0 Å². The number of nitrogens with zero attached hydrogens (tertiary/aromatic N) is 2. The molecule has 2 aliphatic heterocycles. The SMILES string of the molecule is Cc1cc(F)ccc1[C@@]1(C(=O)C2CCNCC2)CNCCN1C(=O)N(C)Cc1cc(C(F)(F)F)cc(C(F)(F)F)c1. The molecular formula is C28H31F7N4O2. The Hall–Kier alpha value is -3.19. The van der Waals surface area contributed by atoms with E-state index < -0.39 is 53.3 Å². The van der Waals surface area contributed by atoms with Crippen LogP contribution in [0.1, 0.15) is 40.7 Å². The number of ketones is 1. The molecule has 0 spiro atoms. The second-order valence-electron chi connectivity index (χ2n) is 10.6. The van der Waals surface area contributed by atoms with Crippen LogP contribution in [0.4, 0.5) is 35.5 Å². The summed E-state index contributed by atoms with van der Waals surface area (Å²) < 4.78 is 94.6. The van der Waals surface area contributed by atoms with Crippen LogP contribution in [0, 0.1) is 18.7 Å². The van der Waals surface area contributed by atoms with Gasteiger partial charge in [-0.3, -0.25) is 4.79 Å². The molecule has 2 aromatic carbocycles. The molecule has 0 saturated carbocycles. The summed E-state index contributed by atoms with van der Waals surface area (Å²) in [6.07, 6.45) is -9.03. The number of aryl methyl sites for hydroxylation is 1. The molecule has 0 bridgehead atoms. The third kappa shape index (κ3) is 6.35. The van der Waals surface area contributed by atoms with Crippen molar-refractivity contribution in [3.05, 3.63) is 70.0 Å². The highest BCUT2D eigenvalue weighted by Crippen LogP contribution is 2.39. The first-order chi connectivity index (χ1) is 19.1. The Morgan fingerprint density at radius 1 is 0.951 bits per heavy atom. The van der Waals surface area contributed by atoms with E-state index in [-0.39, 0.29) is 30.5 Å². The maximum absolute atomic E-state index is 14.3. The number of hydrogen-bond donors (Lipinski definition) is 2. The molecule has 0 aromatic heterocycles. The van der Waals surface area contributed by atoms with E-state index in [1.165, 1.54) is 30.1 Å². The lowest BCUT2D eigenvalue weighted by Gasteiger charge is -2.49. The van der Waals surface area contributed by atoms with E-state index in [0.29, 0.717) is 55.7 Å². The van der Waals surface area contributed by atoms with Crippen molar-refractivity contribution in [1.82, 2.24) is 20.4 Å². The van der Waals surface area contributed by atoms with E-state index in [0.717, 1.165) is 4.90 Å². The number of benzene rings is 2. The molecule has 6 nitrogen and oxygen atoms in total. The van der Waals surface area contributed by atoms with Crippen LogP contribution in [-0.2, 0) is 29.2 Å². The molecule has 2 heterocycles. The topological polar surface area (TPSA) is 64.7 Å². The number of urea groups is 1. The van der Waals surface area contributed by atoms with Crippen LogP contribution in [0.15, 0.2) is 36.4 Å². The first-order valence-corrected chi connectivity index (χ1v) is 13.2. The summed E-state index contributed by atoms with van der Waals surface area (Å²) in [6.45, 7) is 2.58. The number of rotatable bonds is 5. The molecule has 0 unspecified atom stereocenters. The number of piperidine rings is 1. The summed E-state index contributed by atoms with van der Waals surface area (Å²) in [5.74, 6) is -1.19. The van der Waals surface area contributed by atoms with Gasteiger partial charge in [-0.1, -0.05) is 6.07 Å². The van der Waals surface area contributed by atoms with Crippen molar-refractivity contribution in [2.75, 3.05) is 39.8 Å². The fraction of sp³-hybridized carbons (Fsp3) is 0.500. The summed E-state index contributed by atoms with van der Waals surface area (Å²) in [5, 5.41) is 6.35. The lowest BCUT2D eigenvalue weighted by molar-refractivity contribution is -0.143. The molecule has 0 aliphatic carbocycles. The van der Waals surface area contributed by atoms with Crippen LogP contribution in [0.25, 0.3) is 0 Å². The van der Waals surface area contributed by atoms with Crippen LogP contribution < -0.4 is 10.6 Å². The fourth-order valence-corrected chi connectivity index (χ4v) is 5.77. The first-order valence-electron chi connectivity index (χ1n) is 13.2. The Morgan fingerprint density at radius 3 is 2.12 bits per heavy atom. The number of piperazine rings is 1. The molecule has 2 N–H and O–H groups in total. The normalized spacial score (nSPS) is 20.7. The van der Waals surface area contributed by atoms with Crippen LogP contribution in [0.5, 0.6) is 0 Å². The van der Waals surface area contributed by atoms with Crippen molar-refractivity contribution >= 4 is 11.8 Å². The summed E-state index contributed by atoms with van der Waals surface area (Å²) in [7, 11) is 1.26. The number of alkyl halides is 6. The Labute approximate surface area is 232 Å². The number of halogens is 7. The van der Waals surface area contributed by atoms with E-state index in [1.807, 2.05) is 0 Å². The molecule has 13 heteroatoms. The zero-order valence-electron chi connectivity index (χ0n) is 22.6. The second-order valence-corrected chi connectivity index (χ2v) is 10.6. The van der Waals surface area contributed by atoms with E-state index >= 15 is 0 Å². The van der Waals surface area contributed by atoms with Gasteiger partial charge in [-0.05, 0) is 79.9 Å². The minimum Gasteiger partial charge on any atom is -0.323 e. The van der Waals surface area contributed by atoms with Crippen LogP contribution in [0.2, 0.25) is 0 Å². The van der Waals surface area contributed by atoms with Gasteiger partial charge in [0.1, 0.15) is 11.4 Å². The van der Waals surface area contributed by atoms with Gasteiger partial charge >= 0.3 is 18.4 Å². The zero-order valence-corrected chi connectivity index (χ0v) is 22.6. The van der Waals surface area contributed by atoms with E-state index in [4.69, 9.17) is 0 Å². The largest absolute Gasteiger partial charge is 0.416 e. The summed E-state index contributed by atoms with van der Waals surface area (Å²) in [4.78, 5) is 30.6. The van der Waals surface area contributed by atoms with Gasteiger partial charge in [-0.2, -0.15) is 26.3 Å². The molecule has 2 aromatic rings. The minimum absolute atomic E-state index is 0.0175. The lowest BCUT2D eigenvalue weighted by Crippen LogP contribution is -2.67. The molecule has 1 atom stereocenters. The monoisotopic (exact) mass is 588 g/mol. The van der Waals surface area contributed by atoms with Crippen molar-refractivity contribution < 1.29 is 40.3 Å². The number of nitrogens with one attached hydrogen (secondary N) is 2. The van der Waals surface area contributed by atoms with E-state index in [2.05, 4.69) is 10.6 Å². The third-order valence-corrected chi connectivity index (χ3v) is 7.73. The highest BCUT2D eigenvalue weighted by molar-refractivity contribution is 5.96. The Kier molecular flexibility index (Phi) is 8.70. The van der Waals surface area contributed by atoms with Gasteiger partial charge in [0.05, 0.1) is 11.1 Å². The third-order valence-electron chi connectivity index (χ3n) is 7.73. The predicted molar refractivity (Wildman–Crippen MR) is 136 cm³/mol. The minimum atomic E-state index is -5.03. The maximum Gasteiger partial charge on any atom is 0.416 e. The van der Waals surface area contributed by atoms with E-state index in [1.54, 1.807) is 6.92 Å². The van der Waals surface area contributed by atoms with Gasteiger partial charge < -0.3 is 20.4 Å². The van der Waals surface area contributed by atoms with Crippen molar-refractivity contribution in [1.29, 1.82) is 0 Å². The molecule has 2 fully saturated rings. The fourth-order valence-electron chi connectivity index (χ4n) is 5.77. The van der Waals surface area contributed by atoms with Gasteiger partial charge in [0, 0.05) is 39.1 Å². The number of carbonyl (C=O) groups is 2. The van der Waals surface area contributed by atoms with Crippen molar-refractivity contribution in [2.24, 2.45) is 5.92 Å². The van der Waals surface area contributed by atoms with Gasteiger partial charge in [-0.15, -0.1) is 0 Å². The molecule has 224 valence electrons. The Balaban J connectivity index is 1.75. The standard InChI is InChI=1S/C28H31F7N4O2/c1-17-11-22(29)3-4-23(17)26(24(40)19-5-7-36-8-6-19)16-37-9-10-39(26)25(41)38(2)15-18-12-20(27(30,31)32)14-21(13-18)28(33,34)35/h3-4,11-14,19,36-37H,5-10,15-16H2,1-2H3/t26-/m1/s1. The van der Waals surface area contributed by atoms with Crippen LogP contribution >= 0.6 is 0 Å². The van der Waals surface area contributed by atoms with Crippen LogP contribution in [0.3, 0.4) is 0 Å². The molecule has 0 radical (unpaired) electrons. The van der Waals surface area contributed by atoms with Crippen molar-refractivity contribution in [3.63, 3.8) is 0 Å². The molecule has 41 heavy (non-hydrogen) atoms. The van der Waals surface area contributed by atoms with Gasteiger partial charge in [0.25, 0.3) is 0 Å². The van der Waals surface area contributed by atoms with E-state index in [9.17, 15) is 40.3 Å². The van der Waals surface area contributed by atoms with Gasteiger partial charge in [0.2, 0.25) is 0 Å². The van der Waals surface area contributed by atoms with Gasteiger partial charge in [-0.25, -0.2) is 9.18 Å². The highest BCUT2D eigenvalue weighted by atomic mass is 19.4. The average molecular weight is 589 g/mol. The molecule has 2 aliphatic rings. The smallest absolute Gasteiger partial charge is 0.323 e. The summed E-state index contributed by atoms with van der Waals surface area (Å²) in [5.41, 5.74) is -4.05. The number of amides is 2. The Bertz CT molecular complexity index is 1260. The summed E-state index contributed by atoms with van der Waals surface area (Å²) >= 11 is 0. The summed E-state index contributed by atoms with van der Waals surface area (Å²) in [6, 6.07) is 4.35. The second kappa shape index (κ2) is 11.6. The molecule has 2 amide bonds. The quantitative estimate of drug-likeness (QED) is 0.478. The van der Waals surface area contributed by atoms with Crippen LogP contribution in [-0.4, -0.2) is 61.4 Å². The number of hydrogen-bond acceptors (Lipinski definition) is 4. The maximum atomic E-state index is 14.3. The zero-order chi connectivity index (χ0) is 30.2. The number of Topliss-reactive ketones (excluding diaryl/α,β-unsaturated/α-hetero) is 1. The average Bonchev–Trinajstić information content (AvgIpc) is 2.91. The first kappa shape index (κ1) is 30.8. The van der Waals surface area contributed by atoms with Gasteiger partial charge in [0.15, 0.2) is 5.78 Å². The molecular weight excluding hydrogens is 557 g/mol. The highest BCUT2D eigenvalue weighted by Gasteiger charge is 2.52. The molecule has 2 saturated heterocycles. The predicted octanol–water partition coefficient (Wildman–Crippen LogP) is 5.09. The molecule has 4 rings (SSSR count). The van der Waals surface area contributed by atoms with Crippen molar-refractivity contribution in [2.45, 2.75) is 44.2 Å². The lowest BCUT2D eigenvalue weighted by atomic mass is 9.73.